The van der Waals surface area contributed by atoms with Gasteiger partial charge in [0.2, 0.25) is 0 Å². The van der Waals surface area contributed by atoms with Crippen molar-refractivity contribution in [2.45, 2.75) is 72.3 Å². The lowest BCUT2D eigenvalue weighted by molar-refractivity contribution is -0.131. The van der Waals surface area contributed by atoms with Gasteiger partial charge in [-0.15, -0.1) is 0 Å². The highest BCUT2D eigenvalue weighted by Crippen LogP contribution is 2.61. The van der Waals surface area contributed by atoms with Crippen molar-refractivity contribution in [2.75, 3.05) is 0 Å². The second kappa shape index (κ2) is 6.43. The molecule has 0 aromatic carbocycles. The minimum atomic E-state index is -0.872. The monoisotopic (exact) mass is 320 g/mol. The number of aliphatic carboxylic acids is 1. The molecule has 2 aliphatic carbocycles. The molecule has 3 nitrogen and oxygen atoms in total. The van der Waals surface area contributed by atoms with Crippen LogP contribution in [-0.4, -0.2) is 22.3 Å². The van der Waals surface area contributed by atoms with E-state index in [1.54, 1.807) is 0 Å². The molecular formula is C20H32O3. The van der Waals surface area contributed by atoms with Gasteiger partial charge in [-0.2, -0.15) is 0 Å². The van der Waals surface area contributed by atoms with Gasteiger partial charge in [-0.3, -0.25) is 0 Å². The van der Waals surface area contributed by atoms with Crippen LogP contribution in [0.5, 0.6) is 0 Å². The highest BCUT2D eigenvalue weighted by Gasteiger charge is 2.56. The Morgan fingerprint density at radius 1 is 1.35 bits per heavy atom. The van der Waals surface area contributed by atoms with Crippen molar-refractivity contribution in [3.63, 3.8) is 0 Å². The van der Waals surface area contributed by atoms with Crippen molar-refractivity contribution in [2.24, 2.45) is 22.7 Å². The molecule has 2 fully saturated rings. The zero-order chi connectivity index (χ0) is 17.4. The highest BCUT2D eigenvalue weighted by molar-refractivity contribution is 5.80. The van der Waals surface area contributed by atoms with Gasteiger partial charge in [0.1, 0.15) is 0 Å². The zero-order valence-electron chi connectivity index (χ0n) is 15.1. The number of allylic oxidation sites excluding steroid dienone is 1. The number of carboxylic acids is 1. The summed E-state index contributed by atoms with van der Waals surface area (Å²) in [5.74, 6) is -0.209. The van der Waals surface area contributed by atoms with Gasteiger partial charge in [-0.1, -0.05) is 44.9 Å². The van der Waals surface area contributed by atoms with Gasteiger partial charge in [0.25, 0.3) is 0 Å². The summed E-state index contributed by atoms with van der Waals surface area (Å²) in [5, 5.41) is 19.6. The first-order valence-electron chi connectivity index (χ1n) is 8.84. The van der Waals surface area contributed by atoms with Crippen molar-refractivity contribution in [1.82, 2.24) is 0 Å². The molecule has 4 atom stereocenters. The summed E-state index contributed by atoms with van der Waals surface area (Å²) in [6.45, 7) is 13.1. The van der Waals surface area contributed by atoms with Crippen molar-refractivity contribution in [1.29, 1.82) is 0 Å². The Bertz CT molecular complexity index is 517. The van der Waals surface area contributed by atoms with Crippen molar-refractivity contribution < 1.29 is 15.0 Å². The summed E-state index contributed by atoms with van der Waals surface area (Å²) in [7, 11) is 0. The Balaban J connectivity index is 2.24. The number of carboxylic acid groups (broad SMARTS) is 1. The van der Waals surface area contributed by atoms with Crippen molar-refractivity contribution in [3.05, 3.63) is 23.8 Å². The number of hydrogen-bond donors (Lipinski definition) is 2. The minimum absolute atomic E-state index is 0.0694. The van der Waals surface area contributed by atoms with Crippen LogP contribution < -0.4 is 0 Å². The van der Waals surface area contributed by atoms with Gasteiger partial charge in [-0.05, 0) is 61.7 Å². The first-order valence-corrected chi connectivity index (χ1v) is 8.84. The molecular weight excluding hydrogens is 288 g/mol. The van der Waals surface area contributed by atoms with Gasteiger partial charge in [0.15, 0.2) is 0 Å². The van der Waals surface area contributed by atoms with E-state index in [4.69, 9.17) is 5.11 Å². The fourth-order valence-electron chi connectivity index (χ4n) is 5.66. The lowest BCUT2D eigenvalue weighted by Crippen LogP contribution is -2.55. The fourth-order valence-corrected chi connectivity index (χ4v) is 5.66. The minimum Gasteiger partial charge on any atom is -0.478 e. The van der Waals surface area contributed by atoms with Crippen LogP contribution in [-0.2, 0) is 4.79 Å². The van der Waals surface area contributed by atoms with E-state index in [1.165, 1.54) is 18.9 Å². The van der Waals surface area contributed by atoms with Crippen LogP contribution in [0.2, 0.25) is 0 Å². The van der Waals surface area contributed by atoms with Crippen LogP contribution in [0.15, 0.2) is 23.8 Å². The Morgan fingerprint density at radius 3 is 2.61 bits per heavy atom. The first-order chi connectivity index (χ1) is 10.6. The molecule has 0 radical (unpaired) electrons. The second-order valence-electron chi connectivity index (χ2n) is 8.68. The lowest BCUT2D eigenvalue weighted by atomic mass is 9.46. The Kier molecular flexibility index (Phi) is 5.10. The van der Waals surface area contributed by atoms with Crippen molar-refractivity contribution >= 4 is 5.97 Å². The molecule has 0 heterocycles. The Hall–Kier alpha value is -1.09. The maximum absolute atomic E-state index is 10.8. The average Bonchev–Trinajstić information content (AvgIpc) is 2.34. The molecule has 0 aliphatic heterocycles. The van der Waals surface area contributed by atoms with Crippen LogP contribution in [0.25, 0.3) is 0 Å². The van der Waals surface area contributed by atoms with E-state index in [2.05, 4.69) is 27.4 Å². The summed E-state index contributed by atoms with van der Waals surface area (Å²) < 4.78 is 0. The van der Waals surface area contributed by atoms with E-state index in [0.29, 0.717) is 18.3 Å². The number of aliphatic hydroxyl groups is 1. The fraction of sp³-hybridized carbons (Fsp3) is 0.750. The van der Waals surface area contributed by atoms with Crippen LogP contribution in [0.3, 0.4) is 0 Å². The quantitative estimate of drug-likeness (QED) is 0.589. The third-order valence-electron chi connectivity index (χ3n) is 6.43. The second-order valence-corrected chi connectivity index (χ2v) is 8.68. The van der Waals surface area contributed by atoms with Crippen LogP contribution >= 0.6 is 0 Å². The van der Waals surface area contributed by atoms with Gasteiger partial charge in [-0.25, -0.2) is 4.79 Å². The molecule has 3 heteroatoms. The summed E-state index contributed by atoms with van der Waals surface area (Å²) in [6, 6.07) is 0. The molecule has 0 amide bonds. The van der Waals surface area contributed by atoms with Gasteiger partial charge < -0.3 is 10.2 Å². The van der Waals surface area contributed by atoms with E-state index >= 15 is 0 Å². The maximum atomic E-state index is 10.8. The molecule has 0 aromatic rings. The van der Waals surface area contributed by atoms with E-state index < -0.39 is 5.97 Å². The third kappa shape index (κ3) is 3.55. The van der Waals surface area contributed by atoms with Gasteiger partial charge in [0.05, 0.1) is 6.10 Å². The topological polar surface area (TPSA) is 57.5 Å². The number of rotatable bonds is 4. The molecule has 2 rings (SSSR count). The number of fused-ring (bicyclic) bond motifs is 1. The molecule has 0 unspecified atom stereocenters. The number of aliphatic hydroxyl groups excluding tert-OH is 1. The van der Waals surface area contributed by atoms with Gasteiger partial charge >= 0.3 is 5.97 Å². The molecule has 2 aliphatic rings. The predicted octanol–water partition coefficient (Wildman–Crippen LogP) is 4.57. The Labute approximate surface area is 140 Å². The molecule has 0 saturated heterocycles. The average molecular weight is 320 g/mol. The maximum Gasteiger partial charge on any atom is 0.328 e. The number of carbonyl (C=O) groups is 1. The zero-order valence-corrected chi connectivity index (χ0v) is 15.1. The van der Waals surface area contributed by atoms with E-state index in [0.717, 1.165) is 30.4 Å². The first kappa shape index (κ1) is 18.3. The van der Waals surface area contributed by atoms with Crippen molar-refractivity contribution in [3.8, 4) is 0 Å². The predicted molar refractivity (Wildman–Crippen MR) is 93.1 cm³/mol. The smallest absolute Gasteiger partial charge is 0.328 e. The summed E-state index contributed by atoms with van der Waals surface area (Å²) in [6.07, 6.45) is 6.92. The summed E-state index contributed by atoms with van der Waals surface area (Å²) in [5.41, 5.74) is 2.28. The van der Waals surface area contributed by atoms with Crippen LogP contribution in [0.1, 0.15) is 66.2 Å². The van der Waals surface area contributed by atoms with E-state index in [1.807, 2.05) is 6.92 Å². The van der Waals surface area contributed by atoms with Gasteiger partial charge in [0, 0.05) is 6.08 Å². The third-order valence-corrected chi connectivity index (χ3v) is 6.43. The van der Waals surface area contributed by atoms with Crippen LogP contribution in [0, 0.1) is 22.7 Å². The molecule has 2 N–H and O–H groups in total. The van der Waals surface area contributed by atoms with E-state index in [-0.39, 0.29) is 16.9 Å². The summed E-state index contributed by atoms with van der Waals surface area (Å²) >= 11 is 0. The standard InChI is InChI=1S/C20H32O3/c1-13(11-17(22)23)7-8-15-14(2)12-16(21)18-19(3,4)9-6-10-20(15,18)5/h11,15-16,18,21H,2,6-10,12H2,1,3-5H3,(H,22,23)/b13-11+/t15-,16+,18-,20+/m1/s1. The van der Waals surface area contributed by atoms with E-state index in [9.17, 15) is 9.90 Å². The molecule has 130 valence electrons. The molecule has 2 saturated carbocycles. The molecule has 0 bridgehead atoms. The normalized spacial score (nSPS) is 37.3. The lowest BCUT2D eigenvalue weighted by Gasteiger charge is -2.59. The Morgan fingerprint density at radius 2 is 2.00 bits per heavy atom. The molecule has 23 heavy (non-hydrogen) atoms. The number of hydrogen-bond acceptors (Lipinski definition) is 2. The summed E-state index contributed by atoms with van der Waals surface area (Å²) in [4.78, 5) is 10.8. The van der Waals surface area contributed by atoms with Crippen LogP contribution in [0.4, 0.5) is 0 Å². The highest BCUT2D eigenvalue weighted by atomic mass is 16.4. The molecule has 0 spiro atoms. The largest absolute Gasteiger partial charge is 0.478 e. The molecule has 0 aromatic heterocycles. The SMILES string of the molecule is C=C1C[C@H](O)[C@@H]2C(C)(C)CCC[C@@]2(C)[C@@H]1CC/C(C)=C/C(=O)O.